The third-order valence-corrected chi connectivity index (χ3v) is 3.31. The van der Waals surface area contributed by atoms with E-state index in [0.29, 0.717) is 27.6 Å². The molecule has 108 valence electrons. The maximum absolute atomic E-state index is 9.16. The monoisotopic (exact) mass is 349 g/mol. The Balaban J connectivity index is 2.04. The summed E-state index contributed by atoms with van der Waals surface area (Å²) in [6, 6.07) is 5.21. The van der Waals surface area contributed by atoms with Crippen molar-refractivity contribution >= 4 is 21.6 Å². The van der Waals surface area contributed by atoms with Gasteiger partial charge in [0.15, 0.2) is 11.5 Å². The molecule has 0 saturated heterocycles. The van der Waals surface area contributed by atoms with Gasteiger partial charge >= 0.3 is 0 Å². The smallest absolute Gasteiger partial charge is 0.265 e. The Morgan fingerprint density at radius 2 is 2.19 bits per heavy atom. The van der Waals surface area contributed by atoms with Crippen LogP contribution in [0.2, 0.25) is 0 Å². The number of fused-ring (bicyclic) bond motifs is 1. The first-order valence-corrected chi connectivity index (χ1v) is 6.95. The van der Waals surface area contributed by atoms with Gasteiger partial charge in [0.25, 0.3) is 5.88 Å². The number of aromatic nitrogens is 3. The number of hydrogen-bond donors (Lipinski definition) is 1. The second-order valence-electron chi connectivity index (χ2n) is 4.27. The van der Waals surface area contributed by atoms with Gasteiger partial charge in [-0.2, -0.15) is 0 Å². The van der Waals surface area contributed by atoms with E-state index >= 15 is 0 Å². The van der Waals surface area contributed by atoms with Crippen molar-refractivity contribution in [2.45, 2.75) is 6.61 Å². The number of imidazole rings is 1. The molecular formula is C14H12BrN3O3. The summed E-state index contributed by atoms with van der Waals surface area (Å²) in [5.41, 5.74) is 1.35. The highest BCUT2D eigenvalue weighted by Gasteiger charge is 2.12. The lowest BCUT2D eigenvalue weighted by molar-refractivity contribution is 0.280. The standard InChI is InChI=1S/C14H12BrN3O3/c1-20-11-6-9(8-19)2-3-10(11)21-14-13-16-4-5-18(13)7-12(15)17-14/h2-7,19H,8H2,1H3. The number of methoxy groups -OCH3 is 1. The summed E-state index contributed by atoms with van der Waals surface area (Å²) in [7, 11) is 1.54. The molecule has 1 aromatic carbocycles. The number of ether oxygens (including phenoxy) is 2. The van der Waals surface area contributed by atoms with Gasteiger partial charge in [-0.15, -0.1) is 0 Å². The van der Waals surface area contributed by atoms with E-state index in [1.807, 2.05) is 0 Å². The van der Waals surface area contributed by atoms with E-state index in [1.165, 1.54) is 0 Å². The van der Waals surface area contributed by atoms with Gasteiger partial charge in [-0.1, -0.05) is 6.07 Å². The fraction of sp³-hybridized carbons (Fsp3) is 0.143. The molecule has 2 aromatic heterocycles. The van der Waals surface area contributed by atoms with Gasteiger partial charge in [0.2, 0.25) is 5.65 Å². The molecule has 0 atom stereocenters. The van der Waals surface area contributed by atoms with Crippen LogP contribution < -0.4 is 9.47 Å². The molecule has 3 rings (SSSR count). The zero-order valence-electron chi connectivity index (χ0n) is 11.2. The van der Waals surface area contributed by atoms with Gasteiger partial charge < -0.3 is 14.6 Å². The summed E-state index contributed by atoms with van der Waals surface area (Å²) in [5.74, 6) is 1.39. The van der Waals surface area contributed by atoms with Crippen LogP contribution in [0.1, 0.15) is 5.56 Å². The Morgan fingerprint density at radius 1 is 1.33 bits per heavy atom. The van der Waals surface area contributed by atoms with Crippen LogP contribution in [0.4, 0.5) is 0 Å². The molecule has 1 N–H and O–H groups in total. The van der Waals surface area contributed by atoms with Crippen molar-refractivity contribution in [2.75, 3.05) is 7.11 Å². The van der Waals surface area contributed by atoms with Gasteiger partial charge in [0.1, 0.15) is 4.60 Å². The Kier molecular flexibility index (Phi) is 3.76. The van der Waals surface area contributed by atoms with Gasteiger partial charge in [-0.05, 0) is 33.6 Å². The minimum Gasteiger partial charge on any atom is -0.493 e. The molecule has 0 radical (unpaired) electrons. The van der Waals surface area contributed by atoms with E-state index in [2.05, 4.69) is 25.9 Å². The van der Waals surface area contributed by atoms with Crippen molar-refractivity contribution in [1.82, 2.24) is 14.4 Å². The number of nitrogens with zero attached hydrogens (tertiary/aromatic N) is 3. The molecule has 2 heterocycles. The highest BCUT2D eigenvalue weighted by atomic mass is 79.9. The Bertz CT molecular complexity index is 788. The molecule has 0 aliphatic carbocycles. The first-order valence-electron chi connectivity index (χ1n) is 6.16. The summed E-state index contributed by atoms with van der Waals surface area (Å²) >= 11 is 3.34. The van der Waals surface area contributed by atoms with E-state index < -0.39 is 0 Å². The molecule has 0 aliphatic heterocycles. The molecular weight excluding hydrogens is 338 g/mol. The van der Waals surface area contributed by atoms with Crippen molar-refractivity contribution < 1.29 is 14.6 Å². The first-order chi connectivity index (χ1) is 10.2. The van der Waals surface area contributed by atoms with E-state index in [1.54, 1.807) is 48.3 Å². The molecule has 6 nitrogen and oxygen atoms in total. The van der Waals surface area contributed by atoms with Crippen molar-refractivity contribution in [1.29, 1.82) is 0 Å². The number of aliphatic hydroxyl groups excluding tert-OH is 1. The van der Waals surface area contributed by atoms with Gasteiger partial charge in [-0.25, -0.2) is 9.97 Å². The lowest BCUT2D eigenvalue weighted by Gasteiger charge is -2.11. The maximum Gasteiger partial charge on any atom is 0.265 e. The highest BCUT2D eigenvalue weighted by molar-refractivity contribution is 9.10. The molecule has 0 aliphatic rings. The predicted octanol–water partition coefficient (Wildman–Crippen LogP) is 2.79. The number of hydrogen-bond acceptors (Lipinski definition) is 5. The molecule has 0 fully saturated rings. The third kappa shape index (κ3) is 2.70. The summed E-state index contributed by atoms with van der Waals surface area (Å²) in [6.45, 7) is -0.0592. The normalized spacial score (nSPS) is 10.8. The average Bonchev–Trinajstić information content (AvgIpc) is 2.96. The van der Waals surface area contributed by atoms with Gasteiger partial charge in [0.05, 0.1) is 13.7 Å². The Labute approximate surface area is 129 Å². The molecule has 0 amide bonds. The highest BCUT2D eigenvalue weighted by Crippen LogP contribution is 2.33. The van der Waals surface area contributed by atoms with Crippen LogP contribution in [0.25, 0.3) is 5.65 Å². The van der Waals surface area contributed by atoms with E-state index in [-0.39, 0.29) is 6.61 Å². The molecule has 0 spiro atoms. The topological polar surface area (TPSA) is 68.9 Å². The minimum absolute atomic E-state index is 0.0592. The second-order valence-corrected chi connectivity index (χ2v) is 5.08. The quantitative estimate of drug-likeness (QED) is 0.784. The molecule has 0 unspecified atom stereocenters. The zero-order valence-corrected chi connectivity index (χ0v) is 12.7. The van der Waals surface area contributed by atoms with Gasteiger partial charge in [0, 0.05) is 18.6 Å². The van der Waals surface area contributed by atoms with Crippen LogP contribution in [0.15, 0.2) is 41.4 Å². The van der Waals surface area contributed by atoms with Crippen molar-refractivity contribution in [3.63, 3.8) is 0 Å². The zero-order chi connectivity index (χ0) is 14.8. The SMILES string of the molecule is COc1cc(CO)ccc1Oc1nc(Br)cn2ccnc12. The lowest BCUT2D eigenvalue weighted by Crippen LogP contribution is -1.97. The minimum atomic E-state index is -0.0592. The summed E-state index contributed by atoms with van der Waals surface area (Å²) in [6.07, 6.45) is 5.27. The molecule has 7 heteroatoms. The molecule has 0 saturated carbocycles. The second kappa shape index (κ2) is 5.71. The van der Waals surface area contributed by atoms with Crippen LogP contribution in [0.3, 0.4) is 0 Å². The average molecular weight is 350 g/mol. The lowest BCUT2D eigenvalue weighted by atomic mass is 10.2. The number of benzene rings is 1. The fourth-order valence-corrected chi connectivity index (χ4v) is 2.32. The molecule has 21 heavy (non-hydrogen) atoms. The van der Waals surface area contributed by atoms with Crippen LogP contribution in [0, 0.1) is 0 Å². The van der Waals surface area contributed by atoms with E-state index in [9.17, 15) is 0 Å². The fourth-order valence-electron chi connectivity index (χ4n) is 1.94. The van der Waals surface area contributed by atoms with Crippen LogP contribution in [0.5, 0.6) is 17.4 Å². The van der Waals surface area contributed by atoms with Gasteiger partial charge in [-0.3, -0.25) is 4.40 Å². The molecule has 3 aromatic rings. The van der Waals surface area contributed by atoms with Crippen LogP contribution in [-0.4, -0.2) is 26.6 Å². The van der Waals surface area contributed by atoms with Crippen LogP contribution in [-0.2, 0) is 6.61 Å². The molecule has 0 bridgehead atoms. The van der Waals surface area contributed by atoms with Crippen molar-refractivity contribution in [3.05, 3.63) is 47.0 Å². The first kappa shape index (κ1) is 13.8. The van der Waals surface area contributed by atoms with Crippen molar-refractivity contribution in [3.8, 4) is 17.4 Å². The number of halogens is 1. The Hall–Kier alpha value is -2.12. The largest absolute Gasteiger partial charge is 0.493 e. The van der Waals surface area contributed by atoms with Crippen molar-refractivity contribution in [2.24, 2.45) is 0 Å². The number of aliphatic hydroxyl groups is 1. The summed E-state index contributed by atoms with van der Waals surface area (Å²) in [5, 5.41) is 9.16. The van der Waals surface area contributed by atoms with E-state index in [4.69, 9.17) is 14.6 Å². The summed E-state index contributed by atoms with van der Waals surface area (Å²) in [4.78, 5) is 8.51. The summed E-state index contributed by atoms with van der Waals surface area (Å²) < 4.78 is 13.5. The van der Waals surface area contributed by atoms with E-state index in [0.717, 1.165) is 5.56 Å². The number of rotatable bonds is 4. The van der Waals surface area contributed by atoms with Crippen LogP contribution >= 0.6 is 15.9 Å². The maximum atomic E-state index is 9.16. The third-order valence-electron chi connectivity index (χ3n) is 2.93. The Morgan fingerprint density at radius 3 is 2.95 bits per heavy atom. The predicted molar refractivity (Wildman–Crippen MR) is 79.7 cm³/mol.